The highest BCUT2D eigenvalue weighted by atomic mass is 32.2. The summed E-state index contributed by atoms with van der Waals surface area (Å²) in [6.45, 7) is 2.15. The van der Waals surface area contributed by atoms with E-state index in [0.717, 1.165) is 11.1 Å². The lowest BCUT2D eigenvalue weighted by atomic mass is 10.1. The van der Waals surface area contributed by atoms with Crippen LogP contribution in [0.25, 0.3) is 0 Å². The Hall–Kier alpha value is -2.41. The van der Waals surface area contributed by atoms with Gasteiger partial charge in [0, 0.05) is 6.54 Å². The van der Waals surface area contributed by atoms with Gasteiger partial charge in [-0.2, -0.15) is 4.31 Å². The minimum atomic E-state index is -3.72. The van der Waals surface area contributed by atoms with Crippen molar-refractivity contribution >= 4 is 10.0 Å². The number of sulfonamides is 1. The van der Waals surface area contributed by atoms with Crippen LogP contribution >= 0.6 is 0 Å². The highest BCUT2D eigenvalue weighted by Gasteiger charge is 2.43. The molecular formula is C20H19NO4S. The third kappa shape index (κ3) is 3.07. The van der Waals surface area contributed by atoms with Crippen molar-refractivity contribution in [3.8, 4) is 0 Å². The zero-order chi connectivity index (χ0) is 18.1. The van der Waals surface area contributed by atoms with E-state index in [1.807, 2.05) is 37.3 Å². The van der Waals surface area contributed by atoms with Gasteiger partial charge < -0.3 is 9.15 Å². The van der Waals surface area contributed by atoms with E-state index < -0.39 is 16.3 Å². The van der Waals surface area contributed by atoms with Crippen molar-refractivity contribution in [3.05, 3.63) is 89.9 Å². The summed E-state index contributed by atoms with van der Waals surface area (Å²) in [6.07, 6.45) is 0.374. The van der Waals surface area contributed by atoms with Crippen LogP contribution in [0.3, 0.4) is 0 Å². The average Bonchev–Trinajstić information content (AvgIpc) is 3.32. The summed E-state index contributed by atoms with van der Waals surface area (Å²) in [4.78, 5) is 0.247. The molecule has 1 aromatic heterocycles. The molecule has 0 N–H and O–H groups in total. The summed E-state index contributed by atoms with van der Waals surface area (Å²) >= 11 is 0. The Morgan fingerprint density at radius 3 is 2.35 bits per heavy atom. The van der Waals surface area contributed by atoms with Gasteiger partial charge in [0.2, 0.25) is 10.0 Å². The topological polar surface area (TPSA) is 59.8 Å². The molecular weight excluding hydrogens is 350 g/mol. The van der Waals surface area contributed by atoms with Crippen LogP contribution in [0.5, 0.6) is 0 Å². The predicted octanol–water partition coefficient (Wildman–Crippen LogP) is 4.05. The number of rotatable bonds is 4. The Labute approximate surface area is 152 Å². The van der Waals surface area contributed by atoms with Gasteiger partial charge in [0.15, 0.2) is 6.23 Å². The van der Waals surface area contributed by atoms with Crippen molar-refractivity contribution in [1.29, 1.82) is 0 Å². The smallest absolute Gasteiger partial charge is 0.245 e. The first-order valence-electron chi connectivity index (χ1n) is 8.38. The molecule has 26 heavy (non-hydrogen) atoms. The molecule has 0 bridgehead atoms. The molecule has 0 aliphatic carbocycles. The summed E-state index contributed by atoms with van der Waals surface area (Å²) in [5.74, 6) is 0.471. The molecule has 1 saturated heterocycles. The molecule has 0 spiro atoms. The van der Waals surface area contributed by atoms with Gasteiger partial charge in [0.25, 0.3) is 0 Å². The van der Waals surface area contributed by atoms with Gasteiger partial charge in [-0.1, -0.05) is 48.0 Å². The average molecular weight is 369 g/mol. The first kappa shape index (κ1) is 17.0. The van der Waals surface area contributed by atoms with E-state index in [1.54, 1.807) is 36.4 Å². The van der Waals surface area contributed by atoms with Gasteiger partial charge >= 0.3 is 0 Å². The maximum Gasteiger partial charge on any atom is 0.245 e. The summed E-state index contributed by atoms with van der Waals surface area (Å²) in [5, 5.41) is 0. The van der Waals surface area contributed by atoms with Crippen molar-refractivity contribution in [2.24, 2.45) is 0 Å². The van der Waals surface area contributed by atoms with Gasteiger partial charge in [0.1, 0.15) is 5.76 Å². The van der Waals surface area contributed by atoms with Crippen LogP contribution in [0.15, 0.2) is 82.3 Å². The Kier molecular flexibility index (Phi) is 4.40. The van der Waals surface area contributed by atoms with Gasteiger partial charge in [-0.25, -0.2) is 8.42 Å². The molecule has 6 heteroatoms. The number of benzene rings is 2. The van der Waals surface area contributed by atoms with Crippen molar-refractivity contribution in [2.45, 2.75) is 24.2 Å². The molecule has 1 aliphatic heterocycles. The summed E-state index contributed by atoms with van der Waals surface area (Å²) in [7, 11) is -3.72. The monoisotopic (exact) mass is 369 g/mol. The number of hydrogen-bond acceptors (Lipinski definition) is 4. The second-order valence-electron chi connectivity index (χ2n) is 6.29. The van der Waals surface area contributed by atoms with E-state index in [2.05, 4.69) is 0 Å². The quantitative estimate of drug-likeness (QED) is 0.696. The lowest BCUT2D eigenvalue weighted by molar-refractivity contribution is 0.00610. The minimum absolute atomic E-state index is 0.228. The molecule has 3 aromatic rings. The number of furan rings is 1. The Bertz CT molecular complexity index is 966. The van der Waals surface area contributed by atoms with E-state index in [9.17, 15) is 8.42 Å². The van der Waals surface area contributed by atoms with Crippen LogP contribution < -0.4 is 0 Å². The lowest BCUT2D eigenvalue weighted by Crippen LogP contribution is -2.31. The first-order valence-corrected chi connectivity index (χ1v) is 9.82. The van der Waals surface area contributed by atoms with Gasteiger partial charge in [-0.3, -0.25) is 0 Å². The van der Waals surface area contributed by atoms with Gasteiger partial charge in [0.05, 0.1) is 17.3 Å². The molecule has 2 atom stereocenters. The van der Waals surface area contributed by atoms with Crippen LogP contribution in [0.1, 0.15) is 29.2 Å². The molecule has 134 valence electrons. The van der Waals surface area contributed by atoms with Crippen molar-refractivity contribution in [2.75, 3.05) is 6.54 Å². The molecule has 1 fully saturated rings. The fraction of sp³-hybridized carbons (Fsp3) is 0.200. The third-order valence-corrected chi connectivity index (χ3v) is 6.31. The molecule has 2 aromatic carbocycles. The summed E-state index contributed by atoms with van der Waals surface area (Å²) in [5.41, 5.74) is 1.94. The Morgan fingerprint density at radius 1 is 0.962 bits per heavy atom. The second kappa shape index (κ2) is 6.72. The first-order chi connectivity index (χ1) is 12.6. The zero-order valence-corrected chi connectivity index (χ0v) is 15.1. The fourth-order valence-corrected chi connectivity index (χ4v) is 4.58. The highest BCUT2D eigenvalue weighted by molar-refractivity contribution is 7.89. The van der Waals surface area contributed by atoms with E-state index in [4.69, 9.17) is 9.15 Å². The minimum Gasteiger partial charge on any atom is -0.465 e. The van der Waals surface area contributed by atoms with Crippen molar-refractivity contribution in [3.63, 3.8) is 0 Å². The molecule has 0 unspecified atom stereocenters. The molecule has 5 nitrogen and oxygen atoms in total. The van der Waals surface area contributed by atoms with E-state index >= 15 is 0 Å². The molecule has 0 amide bonds. The molecule has 1 aliphatic rings. The standard InChI is InChI=1S/C20H19NO4S/c1-15-9-11-17(12-10-15)26(22,23)21-14-19(16-6-3-2-4-7-16)25-20(21)18-8-5-13-24-18/h2-13,19-20H,14H2,1H3/t19-,20+/m1/s1. The number of hydrogen-bond donors (Lipinski definition) is 0. The maximum absolute atomic E-state index is 13.2. The fourth-order valence-electron chi connectivity index (χ4n) is 3.09. The normalized spacial score (nSPS) is 21.1. The highest BCUT2D eigenvalue weighted by Crippen LogP contribution is 2.41. The zero-order valence-electron chi connectivity index (χ0n) is 14.3. The van der Waals surface area contributed by atoms with Crippen LogP contribution in [-0.2, 0) is 14.8 Å². The summed E-state index contributed by atoms with van der Waals surface area (Å²) < 4.78 is 39.4. The Balaban J connectivity index is 1.73. The van der Waals surface area contributed by atoms with Crippen molar-refractivity contribution < 1.29 is 17.6 Å². The van der Waals surface area contributed by atoms with Gasteiger partial charge in [-0.15, -0.1) is 0 Å². The van der Waals surface area contributed by atoms with E-state index in [0.29, 0.717) is 5.76 Å². The number of nitrogens with zero attached hydrogens (tertiary/aromatic N) is 1. The van der Waals surface area contributed by atoms with Crippen LogP contribution in [0, 0.1) is 6.92 Å². The van der Waals surface area contributed by atoms with Crippen LogP contribution in [-0.4, -0.2) is 19.3 Å². The van der Waals surface area contributed by atoms with Crippen LogP contribution in [0.4, 0.5) is 0 Å². The molecule has 4 rings (SSSR count). The molecule has 2 heterocycles. The lowest BCUT2D eigenvalue weighted by Gasteiger charge is -2.20. The van der Waals surface area contributed by atoms with Crippen molar-refractivity contribution in [1.82, 2.24) is 4.31 Å². The Morgan fingerprint density at radius 2 is 1.69 bits per heavy atom. The maximum atomic E-state index is 13.2. The number of aryl methyl sites for hydroxylation is 1. The predicted molar refractivity (Wildman–Crippen MR) is 96.8 cm³/mol. The molecule has 0 saturated carbocycles. The third-order valence-electron chi connectivity index (χ3n) is 4.49. The van der Waals surface area contributed by atoms with Crippen LogP contribution in [0.2, 0.25) is 0 Å². The largest absolute Gasteiger partial charge is 0.465 e. The number of ether oxygens (including phenoxy) is 1. The summed E-state index contributed by atoms with van der Waals surface area (Å²) in [6, 6.07) is 19.9. The van der Waals surface area contributed by atoms with Gasteiger partial charge in [-0.05, 0) is 36.8 Å². The van der Waals surface area contributed by atoms with E-state index in [-0.39, 0.29) is 17.5 Å². The SMILES string of the molecule is Cc1ccc(S(=O)(=O)N2C[C@H](c3ccccc3)O[C@H]2c2ccco2)cc1. The molecule has 0 radical (unpaired) electrons. The van der Waals surface area contributed by atoms with E-state index in [1.165, 1.54) is 10.6 Å². The second-order valence-corrected chi connectivity index (χ2v) is 8.18.